The van der Waals surface area contributed by atoms with Gasteiger partial charge in [0, 0.05) is 0 Å². The summed E-state index contributed by atoms with van der Waals surface area (Å²) in [6, 6.07) is 12.8. The predicted octanol–water partition coefficient (Wildman–Crippen LogP) is 4.36. The van der Waals surface area contributed by atoms with Gasteiger partial charge in [-0.3, -0.25) is 4.79 Å². The number of ether oxygens (including phenoxy) is 2. The molecule has 4 nitrogen and oxygen atoms in total. The molecule has 0 saturated carbocycles. The zero-order valence-electron chi connectivity index (χ0n) is 15.0. The first-order valence-electron chi connectivity index (χ1n) is 8.23. The van der Waals surface area contributed by atoms with Gasteiger partial charge in [0.2, 0.25) is 0 Å². The summed E-state index contributed by atoms with van der Waals surface area (Å²) in [5.74, 6) is 0.0738. The van der Waals surface area contributed by atoms with Crippen molar-refractivity contribution in [3.8, 4) is 5.75 Å². The first kappa shape index (κ1) is 19.3. The summed E-state index contributed by atoms with van der Waals surface area (Å²) < 4.78 is 11.6. The number of carbonyl (C=O) groups excluding carboxylic acids is 1. The molecule has 0 aromatic heterocycles. The van der Waals surface area contributed by atoms with Crippen LogP contribution in [-0.2, 0) is 9.53 Å². The predicted molar refractivity (Wildman–Crippen MR) is 99.9 cm³/mol. The van der Waals surface area contributed by atoms with Gasteiger partial charge in [-0.15, -0.1) is 0 Å². The van der Waals surface area contributed by atoms with Gasteiger partial charge in [-0.1, -0.05) is 47.5 Å². The molecular weight excluding hydrogens is 338 g/mol. The lowest BCUT2D eigenvalue weighted by molar-refractivity contribution is -0.154. The van der Waals surface area contributed by atoms with Crippen molar-refractivity contribution in [3.05, 3.63) is 64.2 Å². The molecule has 0 heterocycles. The molecule has 0 saturated heterocycles. The number of benzene rings is 2. The SMILES string of the molecule is Cc1ccc([C@@H](Oc2ccc(C)cc2Cl)[C@H](C)OC(=O)[C@H](C)N)cc1. The molecule has 2 rings (SSSR count). The van der Waals surface area contributed by atoms with Gasteiger partial charge in [0.1, 0.15) is 17.9 Å². The Hall–Kier alpha value is -2.04. The van der Waals surface area contributed by atoms with Crippen molar-refractivity contribution in [2.24, 2.45) is 5.73 Å². The number of esters is 1. The Balaban J connectivity index is 2.31. The van der Waals surface area contributed by atoms with Gasteiger partial charge in [0.05, 0.1) is 5.02 Å². The fourth-order valence-corrected chi connectivity index (χ4v) is 2.66. The molecule has 0 fully saturated rings. The van der Waals surface area contributed by atoms with E-state index in [4.69, 9.17) is 26.8 Å². The summed E-state index contributed by atoms with van der Waals surface area (Å²) in [4.78, 5) is 11.9. The number of carbonyl (C=O) groups is 1. The summed E-state index contributed by atoms with van der Waals surface area (Å²) in [6.45, 7) is 7.34. The zero-order valence-corrected chi connectivity index (χ0v) is 15.7. The van der Waals surface area contributed by atoms with Crippen LogP contribution in [0, 0.1) is 13.8 Å². The van der Waals surface area contributed by atoms with Crippen LogP contribution in [0.3, 0.4) is 0 Å². The Morgan fingerprint density at radius 1 is 1.04 bits per heavy atom. The maximum atomic E-state index is 11.9. The zero-order chi connectivity index (χ0) is 18.6. The maximum absolute atomic E-state index is 11.9. The summed E-state index contributed by atoms with van der Waals surface area (Å²) in [5, 5.41) is 0.517. The van der Waals surface area contributed by atoms with E-state index in [-0.39, 0.29) is 0 Å². The molecule has 5 heteroatoms. The van der Waals surface area contributed by atoms with Crippen molar-refractivity contribution >= 4 is 17.6 Å². The largest absolute Gasteiger partial charge is 0.480 e. The highest BCUT2D eigenvalue weighted by Gasteiger charge is 2.26. The molecule has 25 heavy (non-hydrogen) atoms. The monoisotopic (exact) mass is 361 g/mol. The van der Waals surface area contributed by atoms with Crippen molar-refractivity contribution in [1.29, 1.82) is 0 Å². The Morgan fingerprint density at radius 3 is 2.20 bits per heavy atom. The minimum atomic E-state index is -0.691. The molecular formula is C20H24ClNO3. The maximum Gasteiger partial charge on any atom is 0.323 e. The van der Waals surface area contributed by atoms with Crippen LogP contribution in [0.4, 0.5) is 0 Å². The number of aryl methyl sites for hydroxylation is 2. The molecule has 0 bridgehead atoms. The van der Waals surface area contributed by atoms with Gasteiger partial charge in [-0.25, -0.2) is 0 Å². The van der Waals surface area contributed by atoms with Gasteiger partial charge in [-0.05, 0) is 51.0 Å². The first-order chi connectivity index (χ1) is 11.8. The Bertz CT molecular complexity index is 728. The molecule has 0 unspecified atom stereocenters. The number of rotatable bonds is 6. The summed E-state index contributed by atoms with van der Waals surface area (Å²) in [5.41, 5.74) is 8.67. The minimum Gasteiger partial charge on any atom is -0.480 e. The van der Waals surface area contributed by atoms with E-state index in [9.17, 15) is 4.79 Å². The van der Waals surface area contributed by atoms with E-state index in [1.165, 1.54) is 0 Å². The molecule has 2 N–H and O–H groups in total. The number of halogens is 1. The topological polar surface area (TPSA) is 61.5 Å². The standard InChI is InChI=1S/C20H24ClNO3/c1-12-5-8-16(9-6-12)19(15(4)24-20(23)14(3)22)25-18-10-7-13(2)11-17(18)21/h5-11,14-15,19H,22H2,1-4H3/t14-,15-,19-/m0/s1. The Labute approximate surface area is 153 Å². The normalized spacial score (nSPS) is 14.5. The highest BCUT2D eigenvalue weighted by atomic mass is 35.5. The molecule has 2 aromatic carbocycles. The second-order valence-electron chi connectivity index (χ2n) is 6.31. The molecule has 134 valence electrons. The summed E-state index contributed by atoms with van der Waals surface area (Å²) in [6.07, 6.45) is -1.03. The van der Waals surface area contributed by atoms with Crippen LogP contribution in [-0.4, -0.2) is 18.1 Å². The second kappa shape index (κ2) is 8.37. The van der Waals surface area contributed by atoms with Gasteiger partial charge < -0.3 is 15.2 Å². The van der Waals surface area contributed by atoms with E-state index >= 15 is 0 Å². The number of hydrogen-bond donors (Lipinski definition) is 1. The summed E-state index contributed by atoms with van der Waals surface area (Å²) in [7, 11) is 0. The fourth-order valence-electron chi connectivity index (χ4n) is 2.38. The van der Waals surface area contributed by atoms with E-state index in [0.717, 1.165) is 16.7 Å². The lowest BCUT2D eigenvalue weighted by Gasteiger charge is -2.26. The van der Waals surface area contributed by atoms with Crippen LogP contribution in [0.1, 0.15) is 36.6 Å². The van der Waals surface area contributed by atoms with E-state index in [2.05, 4.69) is 0 Å². The minimum absolute atomic E-state index is 0.469. The average molecular weight is 362 g/mol. The van der Waals surface area contributed by atoms with Gasteiger partial charge >= 0.3 is 5.97 Å². The molecule has 0 aliphatic heterocycles. The third-order valence-corrected chi connectivity index (χ3v) is 4.14. The Kier molecular flexibility index (Phi) is 6.45. The molecule has 0 amide bonds. The van der Waals surface area contributed by atoms with Crippen LogP contribution < -0.4 is 10.5 Å². The average Bonchev–Trinajstić information content (AvgIpc) is 2.55. The Morgan fingerprint density at radius 2 is 1.64 bits per heavy atom. The number of nitrogens with two attached hydrogens (primary N) is 1. The van der Waals surface area contributed by atoms with Crippen LogP contribution in [0.5, 0.6) is 5.75 Å². The smallest absolute Gasteiger partial charge is 0.323 e. The van der Waals surface area contributed by atoms with E-state index in [1.54, 1.807) is 13.8 Å². The molecule has 0 radical (unpaired) electrons. The highest BCUT2D eigenvalue weighted by molar-refractivity contribution is 6.32. The van der Waals surface area contributed by atoms with Gasteiger partial charge in [0.15, 0.2) is 6.10 Å². The third-order valence-electron chi connectivity index (χ3n) is 3.85. The van der Waals surface area contributed by atoms with Crippen molar-refractivity contribution in [2.45, 2.75) is 45.9 Å². The van der Waals surface area contributed by atoms with E-state index < -0.39 is 24.2 Å². The van der Waals surface area contributed by atoms with Crippen molar-refractivity contribution in [2.75, 3.05) is 0 Å². The summed E-state index contributed by atoms with van der Waals surface area (Å²) >= 11 is 6.29. The third kappa shape index (κ3) is 5.21. The van der Waals surface area contributed by atoms with Crippen LogP contribution in [0.15, 0.2) is 42.5 Å². The first-order valence-corrected chi connectivity index (χ1v) is 8.61. The van der Waals surface area contributed by atoms with Crippen molar-refractivity contribution in [3.63, 3.8) is 0 Å². The van der Waals surface area contributed by atoms with E-state index in [0.29, 0.717) is 10.8 Å². The van der Waals surface area contributed by atoms with Crippen LogP contribution in [0.2, 0.25) is 5.02 Å². The molecule has 0 aliphatic rings. The fraction of sp³-hybridized carbons (Fsp3) is 0.350. The van der Waals surface area contributed by atoms with Crippen molar-refractivity contribution < 1.29 is 14.3 Å². The van der Waals surface area contributed by atoms with Crippen LogP contribution in [0.25, 0.3) is 0 Å². The quantitative estimate of drug-likeness (QED) is 0.777. The molecule has 2 aromatic rings. The lowest BCUT2D eigenvalue weighted by atomic mass is 10.0. The van der Waals surface area contributed by atoms with Crippen LogP contribution >= 0.6 is 11.6 Å². The highest BCUT2D eigenvalue weighted by Crippen LogP contribution is 2.32. The molecule has 0 spiro atoms. The van der Waals surface area contributed by atoms with Gasteiger partial charge in [0.25, 0.3) is 0 Å². The van der Waals surface area contributed by atoms with Crippen molar-refractivity contribution in [1.82, 2.24) is 0 Å². The van der Waals surface area contributed by atoms with E-state index in [1.807, 2.05) is 56.3 Å². The molecule has 3 atom stereocenters. The van der Waals surface area contributed by atoms with Gasteiger partial charge in [-0.2, -0.15) is 0 Å². The molecule has 0 aliphatic carbocycles. The number of hydrogen-bond acceptors (Lipinski definition) is 4. The second-order valence-corrected chi connectivity index (χ2v) is 6.72. The lowest BCUT2D eigenvalue weighted by Crippen LogP contribution is -2.34.